The van der Waals surface area contributed by atoms with Gasteiger partial charge in [0.25, 0.3) is 5.91 Å². The van der Waals surface area contributed by atoms with Crippen LogP contribution in [0.3, 0.4) is 0 Å². The van der Waals surface area contributed by atoms with E-state index in [1.54, 1.807) is 55.5 Å². The van der Waals surface area contributed by atoms with Crippen LogP contribution in [0.4, 0.5) is 13.2 Å². The van der Waals surface area contributed by atoms with Crippen LogP contribution in [0.15, 0.2) is 121 Å². The molecule has 10 rings (SSSR count). The molecule has 4 amide bonds. The fourth-order valence-corrected chi connectivity index (χ4v) is 8.24. The molecule has 4 heterocycles. The van der Waals surface area contributed by atoms with Crippen molar-refractivity contribution in [1.29, 1.82) is 0 Å². The van der Waals surface area contributed by atoms with Crippen LogP contribution in [0.5, 0.6) is 17.2 Å². The molecule has 340 valence electrons. The highest BCUT2D eigenvalue weighted by atomic mass is 19.4. The van der Waals surface area contributed by atoms with Gasteiger partial charge in [0, 0.05) is 31.0 Å². The quantitative estimate of drug-likeness (QED) is 0.135. The smallest absolute Gasteiger partial charge is 0.416 e. The molecule has 5 aliphatic rings. The summed E-state index contributed by atoms with van der Waals surface area (Å²) in [4.78, 5) is 54.9. The van der Waals surface area contributed by atoms with E-state index >= 15 is 0 Å². The Morgan fingerprint density at radius 2 is 1.38 bits per heavy atom. The normalized spacial score (nSPS) is 20.4. The number of benzene rings is 5. The highest BCUT2D eigenvalue weighted by Crippen LogP contribution is 2.39. The van der Waals surface area contributed by atoms with E-state index in [1.807, 2.05) is 48.5 Å². The minimum Gasteiger partial charge on any atom is -0.490 e. The van der Waals surface area contributed by atoms with E-state index in [9.17, 15) is 32.3 Å². The molecule has 2 atom stereocenters. The van der Waals surface area contributed by atoms with Gasteiger partial charge >= 0.3 is 6.18 Å². The van der Waals surface area contributed by atoms with Crippen LogP contribution in [-0.2, 0) is 44.8 Å². The van der Waals surface area contributed by atoms with E-state index < -0.39 is 29.7 Å². The lowest BCUT2D eigenvalue weighted by Crippen LogP contribution is -2.52. The molecule has 0 saturated heterocycles. The van der Waals surface area contributed by atoms with Gasteiger partial charge in [-0.25, -0.2) is 0 Å². The molecule has 1 saturated carbocycles. The maximum atomic E-state index is 14.1. The van der Waals surface area contributed by atoms with Gasteiger partial charge in [0.1, 0.15) is 24.4 Å². The van der Waals surface area contributed by atoms with E-state index in [1.165, 1.54) is 12.1 Å². The first-order chi connectivity index (χ1) is 31.4. The van der Waals surface area contributed by atoms with Crippen LogP contribution in [0.25, 0.3) is 11.1 Å². The van der Waals surface area contributed by atoms with Gasteiger partial charge in [0.2, 0.25) is 17.7 Å². The predicted molar refractivity (Wildman–Crippen MR) is 239 cm³/mol. The van der Waals surface area contributed by atoms with Crippen molar-refractivity contribution in [1.82, 2.24) is 21.3 Å². The molecular formula is C51H53F3N4O7. The molecule has 1 fully saturated rings. The minimum absolute atomic E-state index is 0.0210. The summed E-state index contributed by atoms with van der Waals surface area (Å²) in [5, 5.41) is 11.9. The predicted octanol–water partition coefficient (Wildman–Crippen LogP) is 8.05. The molecular weight excluding hydrogens is 838 g/mol. The Morgan fingerprint density at radius 1 is 0.692 bits per heavy atom. The van der Waals surface area contributed by atoms with Crippen molar-refractivity contribution >= 4 is 23.6 Å². The maximum Gasteiger partial charge on any atom is 0.416 e. The van der Waals surface area contributed by atoms with Crippen molar-refractivity contribution in [3.8, 4) is 28.4 Å². The third-order valence-electron chi connectivity index (χ3n) is 11.7. The minimum atomic E-state index is -4.49. The largest absolute Gasteiger partial charge is 0.490 e. The SMILES string of the molecule is CCOc1cc(-c2ccc(C(F)(F)F)cc2)cc2c1OCC(=O)NC1CCC(CC1)CC(=O)N[C@@H](c1ccccc1)C(=O)N[C@H](Cc1ccccc1)C(=O)NCCc1ccc(cc1)OC2. The number of ether oxygens (including phenoxy) is 3. The summed E-state index contributed by atoms with van der Waals surface area (Å²) in [6, 6.07) is 31.7. The third kappa shape index (κ3) is 12.9. The van der Waals surface area contributed by atoms with Gasteiger partial charge in [-0.05, 0) is 109 Å². The molecule has 0 radical (unpaired) electrons. The van der Waals surface area contributed by atoms with E-state index in [4.69, 9.17) is 14.2 Å². The molecule has 0 aromatic heterocycles. The summed E-state index contributed by atoms with van der Waals surface area (Å²) in [6.45, 7) is 1.94. The van der Waals surface area contributed by atoms with E-state index in [2.05, 4.69) is 21.3 Å². The summed E-state index contributed by atoms with van der Waals surface area (Å²) in [6.07, 6.45) is -1.01. The van der Waals surface area contributed by atoms with Crippen molar-refractivity contribution in [3.63, 3.8) is 0 Å². The van der Waals surface area contributed by atoms with Gasteiger partial charge in [0.05, 0.1) is 12.2 Å². The number of amides is 4. The number of carbonyl (C=O) groups excluding carboxylic acids is 4. The molecule has 5 aromatic carbocycles. The Balaban J connectivity index is 1.14. The van der Waals surface area contributed by atoms with Crippen LogP contribution in [0.1, 0.15) is 72.9 Å². The lowest BCUT2D eigenvalue weighted by molar-refractivity contribution is -0.137. The number of rotatable bonds is 6. The van der Waals surface area contributed by atoms with E-state index in [0.29, 0.717) is 65.9 Å². The van der Waals surface area contributed by atoms with E-state index in [-0.39, 0.29) is 74.6 Å². The monoisotopic (exact) mass is 890 g/mol. The third-order valence-corrected chi connectivity index (χ3v) is 11.7. The van der Waals surface area contributed by atoms with Gasteiger partial charge < -0.3 is 35.5 Å². The van der Waals surface area contributed by atoms with Crippen molar-refractivity contribution in [3.05, 3.63) is 149 Å². The number of carbonyl (C=O) groups is 4. The molecule has 0 unspecified atom stereocenters. The second-order valence-electron chi connectivity index (χ2n) is 16.4. The van der Waals surface area contributed by atoms with Crippen molar-refractivity contribution in [2.75, 3.05) is 19.8 Å². The van der Waals surface area contributed by atoms with Crippen molar-refractivity contribution in [2.24, 2.45) is 5.92 Å². The molecule has 1 aliphatic carbocycles. The standard InChI is InChI=1S/C51H53F3N4O7/c1-2-63-44-30-38(36-17-19-40(20-18-36)51(52,53)54)29-39-31-64-42-23-15-33(16-24-42)25-26-55-49(61)43(27-34-9-5-3-6-10-34)57-50(62)47(37-11-7-4-8-12-37)58-45(59)28-35-13-21-41(22-14-35)56-46(60)32-65-48(39)44/h3-12,15-20,23-24,29-30,35,41,43,47H,2,13-14,21-22,25-28,31-32H2,1H3,(H,55,61)(H,56,60)(H,57,62)(H,58,59)/t35?,41?,43-,47+/m1/s1. The Bertz CT molecular complexity index is 2390. The first-order valence-electron chi connectivity index (χ1n) is 22.0. The zero-order valence-corrected chi connectivity index (χ0v) is 36.1. The Hall–Kier alpha value is -6.83. The topological polar surface area (TPSA) is 144 Å². The van der Waals surface area contributed by atoms with Gasteiger partial charge in [-0.1, -0.05) is 84.9 Å². The van der Waals surface area contributed by atoms with Crippen LogP contribution < -0.4 is 35.5 Å². The molecule has 4 aliphatic heterocycles. The average molecular weight is 891 g/mol. The molecule has 5 aromatic rings. The number of alkyl halides is 3. The second kappa shape index (κ2) is 21.7. The molecule has 0 spiro atoms. The van der Waals surface area contributed by atoms with Gasteiger partial charge in [-0.15, -0.1) is 0 Å². The number of halogens is 3. The number of hydrogen-bond donors (Lipinski definition) is 4. The first kappa shape index (κ1) is 46.2. The highest BCUT2D eigenvalue weighted by molar-refractivity contribution is 5.93. The number of hydrogen-bond acceptors (Lipinski definition) is 7. The zero-order chi connectivity index (χ0) is 45.8. The molecule has 4 bridgehead atoms. The lowest BCUT2D eigenvalue weighted by atomic mass is 9.84. The van der Waals surface area contributed by atoms with E-state index in [0.717, 1.165) is 23.3 Å². The Kier molecular flexibility index (Phi) is 15.4. The lowest BCUT2D eigenvalue weighted by Gasteiger charge is -2.29. The summed E-state index contributed by atoms with van der Waals surface area (Å²) in [7, 11) is 0. The van der Waals surface area contributed by atoms with Crippen LogP contribution in [0, 0.1) is 5.92 Å². The molecule has 4 N–H and O–H groups in total. The molecule has 11 nitrogen and oxygen atoms in total. The molecule has 65 heavy (non-hydrogen) atoms. The van der Waals surface area contributed by atoms with Crippen molar-refractivity contribution < 1.29 is 46.6 Å². The summed E-state index contributed by atoms with van der Waals surface area (Å²) in [5.74, 6) is -0.422. The average Bonchev–Trinajstić information content (AvgIpc) is 3.30. The first-order valence-corrected chi connectivity index (χ1v) is 22.0. The Morgan fingerprint density at radius 3 is 2.06 bits per heavy atom. The van der Waals surface area contributed by atoms with Gasteiger partial charge in [-0.2, -0.15) is 13.2 Å². The fraction of sp³-hybridized carbons (Fsp3) is 0.333. The van der Waals surface area contributed by atoms with Crippen molar-refractivity contribution in [2.45, 2.75) is 82.8 Å². The summed E-state index contributed by atoms with van der Waals surface area (Å²) < 4.78 is 58.6. The number of nitrogens with one attached hydrogen (secondary N) is 4. The summed E-state index contributed by atoms with van der Waals surface area (Å²) in [5.41, 5.74) is 3.15. The summed E-state index contributed by atoms with van der Waals surface area (Å²) >= 11 is 0. The second-order valence-corrected chi connectivity index (χ2v) is 16.4. The maximum absolute atomic E-state index is 14.1. The van der Waals surface area contributed by atoms with Gasteiger partial charge in [-0.3, -0.25) is 19.2 Å². The Labute approximate surface area is 376 Å². The van der Waals surface area contributed by atoms with Gasteiger partial charge in [0.15, 0.2) is 18.1 Å². The van der Waals surface area contributed by atoms with Crippen LogP contribution >= 0.6 is 0 Å². The van der Waals surface area contributed by atoms with Crippen LogP contribution in [0.2, 0.25) is 0 Å². The zero-order valence-electron chi connectivity index (χ0n) is 36.1. The van der Waals surface area contributed by atoms with Crippen LogP contribution in [-0.4, -0.2) is 55.5 Å². The highest BCUT2D eigenvalue weighted by Gasteiger charge is 2.32. The fourth-order valence-electron chi connectivity index (χ4n) is 8.24. The molecule has 14 heteroatoms.